The summed E-state index contributed by atoms with van der Waals surface area (Å²) in [5, 5.41) is 11.2. The van der Waals surface area contributed by atoms with Crippen LogP contribution in [0.4, 0.5) is 5.69 Å². The van der Waals surface area contributed by atoms with E-state index in [0.717, 1.165) is 31.8 Å². The Bertz CT molecular complexity index is 797. The van der Waals surface area contributed by atoms with Crippen molar-refractivity contribution in [3.63, 3.8) is 0 Å². The lowest BCUT2D eigenvalue weighted by atomic mass is 9.97. The maximum atomic E-state index is 12.4. The molecular formula is C20H28N4O4. The molecule has 0 radical (unpaired) electrons. The lowest BCUT2D eigenvalue weighted by Crippen LogP contribution is -2.38. The molecule has 152 valence electrons. The average Bonchev–Trinajstić information content (AvgIpc) is 3.19. The van der Waals surface area contributed by atoms with E-state index in [1.807, 2.05) is 13.8 Å². The molecule has 1 fully saturated rings. The van der Waals surface area contributed by atoms with E-state index < -0.39 is 0 Å². The highest BCUT2D eigenvalue weighted by Gasteiger charge is 2.26. The van der Waals surface area contributed by atoms with Crippen molar-refractivity contribution >= 4 is 11.6 Å². The second-order valence-corrected chi connectivity index (χ2v) is 7.30. The normalized spacial score (nSPS) is 15.6. The molecular weight excluding hydrogens is 360 g/mol. The van der Waals surface area contributed by atoms with Crippen LogP contribution in [0.1, 0.15) is 50.3 Å². The Hall–Kier alpha value is -2.61. The molecule has 28 heavy (non-hydrogen) atoms. The van der Waals surface area contributed by atoms with Crippen LogP contribution in [-0.2, 0) is 4.79 Å². The van der Waals surface area contributed by atoms with Crippen molar-refractivity contribution < 1.29 is 18.7 Å². The molecule has 3 rings (SSSR count). The predicted molar refractivity (Wildman–Crippen MR) is 105 cm³/mol. The molecule has 1 saturated heterocycles. The number of nitrogens with one attached hydrogen (secondary N) is 1. The summed E-state index contributed by atoms with van der Waals surface area (Å²) in [4.78, 5) is 14.5. The van der Waals surface area contributed by atoms with Crippen LogP contribution < -0.4 is 14.8 Å². The van der Waals surface area contributed by atoms with Gasteiger partial charge in [-0.1, -0.05) is 13.8 Å². The number of rotatable bonds is 7. The van der Waals surface area contributed by atoms with Crippen molar-refractivity contribution in [2.75, 3.05) is 39.2 Å². The highest BCUT2D eigenvalue weighted by atomic mass is 16.5. The topological polar surface area (TPSA) is 89.7 Å². The molecule has 0 atom stereocenters. The number of carbonyl (C=O) groups excluding carboxylic acids is 1. The van der Waals surface area contributed by atoms with Gasteiger partial charge in [-0.15, -0.1) is 10.2 Å². The minimum absolute atomic E-state index is 0.0504. The Morgan fingerprint density at radius 2 is 1.93 bits per heavy atom. The Kier molecular flexibility index (Phi) is 6.51. The first-order chi connectivity index (χ1) is 13.5. The van der Waals surface area contributed by atoms with E-state index in [2.05, 4.69) is 20.4 Å². The summed E-state index contributed by atoms with van der Waals surface area (Å²) in [6.45, 7) is 6.07. The molecule has 0 saturated carbocycles. The number of carbonyl (C=O) groups is 1. The fraction of sp³-hybridized carbons (Fsp3) is 0.550. The summed E-state index contributed by atoms with van der Waals surface area (Å²) in [7, 11) is 3.15. The summed E-state index contributed by atoms with van der Waals surface area (Å²) < 4.78 is 16.3. The Morgan fingerprint density at radius 3 is 2.54 bits per heavy atom. The second-order valence-electron chi connectivity index (χ2n) is 7.30. The number of benzene rings is 1. The lowest BCUT2D eigenvalue weighted by Gasteiger charge is -2.29. The molecule has 2 aromatic rings. The summed E-state index contributed by atoms with van der Waals surface area (Å²) in [6, 6.07) is 5.33. The molecule has 0 spiro atoms. The maximum absolute atomic E-state index is 12.4. The third-order valence-corrected chi connectivity index (χ3v) is 4.92. The van der Waals surface area contributed by atoms with Gasteiger partial charge in [0.25, 0.3) is 0 Å². The van der Waals surface area contributed by atoms with Crippen LogP contribution in [0.5, 0.6) is 11.5 Å². The molecule has 0 unspecified atom stereocenters. The van der Waals surface area contributed by atoms with E-state index in [9.17, 15) is 4.79 Å². The number of ether oxygens (including phenoxy) is 2. The maximum Gasteiger partial charge on any atom is 0.238 e. The van der Waals surface area contributed by atoms with Crippen LogP contribution in [0.3, 0.4) is 0 Å². The highest BCUT2D eigenvalue weighted by Crippen LogP contribution is 2.30. The summed E-state index contributed by atoms with van der Waals surface area (Å²) in [5.74, 6) is 3.08. The number of hydrogen-bond acceptors (Lipinski definition) is 7. The standard InChI is InChI=1S/C20H28N4O4/c1-13(2)19-22-23-20(28-19)14-7-9-24(10-8-14)12-18(25)21-15-5-6-16(26-3)17(11-15)27-4/h5-6,11,13-14H,7-10,12H2,1-4H3,(H,21,25). The lowest BCUT2D eigenvalue weighted by molar-refractivity contribution is -0.117. The molecule has 0 aliphatic carbocycles. The van der Waals surface area contributed by atoms with Gasteiger partial charge < -0.3 is 19.2 Å². The number of piperidine rings is 1. The van der Waals surface area contributed by atoms with Crippen LogP contribution in [0, 0.1) is 0 Å². The number of amides is 1. The van der Waals surface area contributed by atoms with E-state index in [0.29, 0.717) is 29.6 Å². The zero-order chi connectivity index (χ0) is 20.1. The van der Waals surface area contributed by atoms with Crippen molar-refractivity contribution in [2.24, 2.45) is 0 Å². The molecule has 8 heteroatoms. The van der Waals surface area contributed by atoms with Gasteiger partial charge in [0.05, 0.1) is 20.8 Å². The first-order valence-corrected chi connectivity index (χ1v) is 9.57. The van der Waals surface area contributed by atoms with Gasteiger partial charge in [0.15, 0.2) is 11.5 Å². The van der Waals surface area contributed by atoms with Gasteiger partial charge in [0.1, 0.15) is 0 Å². The number of anilines is 1. The summed E-state index contributed by atoms with van der Waals surface area (Å²) >= 11 is 0. The number of likely N-dealkylation sites (tertiary alicyclic amines) is 1. The fourth-order valence-corrected chi connectivity index (χ4v) is 3.30. The minimum atomic E-state index is -0.0504. The number of hydrogen-bond donors (Lipinski definition) is 1. The monoisotopic (exact) mass is 388 g/mol. The van der Waals surface area contributed by atoms with Crippen LogP contribution in [0.15, 0.2) is 22.6 Å². The van der Waals surface area contributed by atoms with Crippen molar-refractivity contribution in [3.05, 3.63) is 30.0 Å². The number of methoxy groups -OCH3 is 2. The molecule has 8 nitrogen and oxygen atoms in total. The van der Waals surface area contributed by atoms with Crippen molar-refractivity contribution in [1.82, 2.24) is 15.1 Å². The van der Waals surface area contributed by atoms with E-state index in [4.69, 9.17) is 13.9 Å². The molecule has 1 aliphatic heterocycles. The minimum Gasteiger partial charge on any atom is -0.493 e. The van der Waals surface area contributed by atoms with Gasteiger partial charge >= 0.3 is 0 Å². The first kappa shape index (κ1) is 20.1. The van der Waals surface area contributed by atoms with Gasteiger partial charge in [-0.05, 0) is 38.1 Å². The predicted octanol–water partition coefficient (Wildman–Crippen LogP) is 3.03. The Morgan fingerprint density at radius 1 is 1.21 bits per heavy atom. The van der Waals surface area contributed by atoms with Crippen LogP contribution in [-0.4, -0.2) is 54.9 Å². The third-order valence-electron chi connectivity index (χ3n) is 4.92. The number of nitrogens with zero attached hydrogens (tertiary/aromatic N) is 3. The van der Waals surface area contributed by atoms with Crippen LogP contribution >= 0.6 is 0 Å². The zero-order valence-corrected chi connectivity index (χ0v) is 16.9. The molecule has 1 N–H and O–H groups in total. The van der Waals surface area contributed by atoms with Gasteiger partial charge in [-0.2, -0.15) is 0 Å². The van der Waals surface area contributed by atoms with Crippen molar-refractivity contribution in [3.8, 4) is 11.5 Å². The fourth-order valence-electron chi connectivity index (χ4n) is 3.30. The molecule has 1 aromatic heterocycles. The van der Waals surface area contributed by atoms with Crippen molar-refractivity contribution in [2.45, 2.75) is 38.5 Å². The van der Waals surface area contributed by atoms with Gasteiger partial charge in [0.2, 0.25) is 17.7 Å². The van der Waals surface area contributed by atoms with Crippen LogP contribution in [0.25, 0.3) is 0 Å². The third kappa shape index (κ3) is 4.81. The molecule has 0 bridgehead atoms. The van der Waals surface area contributed by atoms with Gasteiger partial charge in [0, 0.05) is 23.6 Å². The van der Waals surface area contributed by atoms with E-state index in [1.165, 1.54) is 0 Å². The zero-order valence-electron chi connectivity index (χ0n) is 16.9. The van der Waals surface area contributed by atoms with Gasteiger partial charge in [-0.25, -0.2) is 0 Å². The second kappa shape index (κ2) is 9.05. The Labute approximate surface area is 165 Å². The van der Waals surface area contributed by atoms with E-state index >= 15 is 0 Å². The summed E-state index contributed by atoms with van der Waals surface area (Å²) in [5.41, 5.74) is 0.685. The summed E-state index contributed by atoms with van der Waals surface area (Å²) in [6.07, 6.45) is 1.81. The highest BCUT2D eigenvalue weighted by molar-refractivity contribution is 5.92. The SMILES string of the molecule is COc1ccc(NC(=O)CN2CCC(c3nnc(C(C)C)o3)CC2)cc1OC. The molecule has 1 aromatic carbocycles. The average molecular weight is 388 g/mol. The molecule has 2 heterocycles. The van der Waals surface area contributed by atoms with Gasteiger partial charge in [-0.3, -0.25) is 9.69 Å². The van der Waals surface area contributed by atoms with Crippen LogP contribution in [0.2, 0.25) is 0 Å². The molecule has 1 aliphatic rings. The van der Waals surface area contributed by atoms with E-state index in [1.54, 1.807) is 32.4 Å². The smallest absolute Gasteiger partial charge is 0.238 e. The van der Waals surface area contributed by atoms with Crippen molar-refractivity contribution in [1.29, 1.82) is 0 Å². The first-order valence-electron chi connectivity index (χ1n) is 9.57. The molecule has 1 amide bonds. The van der Waals surface area contributed by atoms with E-state index in [-0.39, 0.29) is 17.7 Å². The number of aromatic nitrogens is 2. The quantitative estimate of drug-likeness (QED) is 0.780. The largest absolute Gasteiger partial charge is 0.493 e. The Balaban J connectivity index is 1.49.